The maximum Gasteiger partial charge on any atom is 0.132 e. The van der Waals surface area contributed by atoms with Gasteiger partial charge in [0.2, 0.25) is 0 Å². The quantitative estimate of drug-likeness (QED) is 0.912. The van der Waals surface area contributed by atoms with Crippen molar-refractivity contribution in [2.24, 2.45) is 7.05 Å². The Morgan fingerprint density at radius 3 is 2.89 bits per heavy atom. The van der Waals surface area contributed by atoms with Crippen molar-refractivity contribution in [3.63, 3.8) is 0 Å². The van der Waals surface area contributed by atoms with E-state index in [1.165, 1.54) is 18.4 Å². The summed E-state index contributed by atoms with van der Waals surface area (Å²) in [7, 11) is 1.96. The van der Waals surface area contributed by atoms with Crippen molar-refractivity contribution < 1.29 is 5.11 Å². The first kappa shape index (κ1) is 12.7. The van der Waals surface area contributed by atoms with Gasteiger partial charge in [-0.2, -0.15) is 16.4 Å². The standard InChI is InChI=1S/C14H19N3OS/c1-10-13(8-18)14(16(2)15-10)17(12-3-4-12)7-11-5-6-19-9-11/h5-6,9,12,18H,3-4,7-8H2,1-2H3. The molecule has 0 aromatic carbocycles. The molecule has 0 spiro atoms. The van der Waals surface area contributed by atoms with Gasteiger partial charge in [0, 0.05) is 25.2 Å². The van der Waals surface area contributed by atoms with Gasteiger partial charge in [-0.15, -0.1) is 0 Å². The van der Waals surface area contributed by atoms with Crippen molar-refractivity contribution in [3.8, 4) is 0 Å². The number of aromatic nitrogens is 2. The van der Waals surface area contributed by atoms with E-state index in [4.69, 9.17) is 0 Å². The largest absolute Gasteiger partial charge is 0.391 e. The third kappa shape index (κ3) is 2.40. The normalized spacial score (nSPS) is 14.9. The van der Waals surface area contributed by atoms with Crippen LogP contribution in [0.5, 0.6) is 0 Å². The molecule has 19 heavy (non-hydrogen) atoms. The van der Waals surface area contributed by atoms with E-state index in [2.05, 4.69) is 26.8 Å². The van der Waals surface area contributed by atoms with Gasteiger partial charge in [-0.3, -0.25) is 4.68 Å². The first-order valence-electron chi connectivity index (χ1n) is 6.61. The summed E-state index contributed by atoms with van der Waals surface area (Å²) in [5.41, 5.74) is 3.22. The molecule has 3 rings (SSSR count). The highest BCUT2D eigenvalue weighted by molar-refractivity contribution is 7.07. The minimum Gasteiger partial charge on any atom is -0.391 e. The van der Waals surface area contributed by atoms with Crippen molar-refractivity contribution in [1.82, 2.24) is 9.78 Å². The van der Waals surface area contributed by atoms with Crippen molar-refractivity contribution in [2.75, 3.05) is 4.90 Å². The van der Waals surface area contributed by atoms with Crippen molar-refractivity contribution in [1.29, 1.82) is 0 Å². The fourth-order valence-electron chi connectivity index (χ4n) is 2.58. The highest BCUT2D eigenvalue weighted by Gasteiger charge is 2.33. The number of anilines is 1. The van der Waals surface area contributed by atoms with Gasteiger partial charge >= 0.3 is 0 Å². The third-order valence-electron chi connectivity index (χ3n) is 3.66. The number of thiophene rings is 1. The topological polar surface area (TPSA) is 41.3 Å². The van der Waals surface area contributed by atoms with E-state index in [1.54, 1.807) is 11.3 Å². The number of aliphatic hydroxyl groups excluding tert-OH is 1. The minimum absolute atomic E-state index is 0.0574. The van der Waals surface area contributed by atoms with Crippen LogP contribution in [0, 0.1) is 6.92 Å². The molecule has 0 radical (unpaired) electrons. The maximum absolute atomic E-state index is 9.61. The molecule has 2 aromatic heterocycles. The molecule has 1 fully saturated rings. The molecule has 1 N–H and O–H groups in total. The molecule has 1 aliphatic rings. The second-order valence-electron chi connectivity index (χ2n) is 5.16. The molecule has 102 valence electrons. The predicted molar refractivity (Wildman–Crippen MR) is 77.4 cm³/mol. The van der Waals surface area contributed by atoms with E-state index < -0.39 is 0 Å². The van der Waals surface area contributed by atoms with Crippen molar-refractivity contribution >= 4 is 17.2 Å². The lowest BCUT2D eigenvalue weighted by Crippen LogP contribution is -2.28. The summed E-state index contributed by atoms with van der Waals surface area (Å²) < 4.78 is 1.91. The van der Waals surface area contributed by atoms with Gasteiger partial charge in [-0.1, -0.05) is 0 Å². The number of hydrogen-bond donors (Lipinski definition) is 1. The average Bonchev–Trinajstić information content (AvgIpc) is 3.02. The monoisotopic (exact) mass is 277 g/mol. The van der Waals surface area contributed by atoms with E-state index in [9.17, 15) is 5.11 Å². The Morgan fingerprint density at radius 1 is 1.53 bits per heavy atom. The molecule has 4 nitrogen and oxygen atoms in total. The molecule has 0 atom stereocenters. The fourth-order valence-corrected chi connectivity index (χ4v) is 3.24. The predicted octanol–water partition coefficient (Wildman–Crippen LogP) is 2.45. The van der Waals surface area contributed by atoms with Crippen LogP contribution in [-0.4, -0.2) is 20.9 Å². The van der Waals surface area contributed by atoms with Gasteiger partial charge in [-0.05, 0) is 42.2 Å². The molecular weight excluding hydrogens is 258 g/mol. The van der Waals surface area contributed by atoms with E-state index in [-0.39, 0.29) is 6.61 Å². The smallest absolute Gasteiger partial charge is 0.132 e. The highest BCUT2D eigenvalue weighted by atomic mass is 32.1. The summed E-state index contributed by atoms with van der Waals surface area (Å²) in [5.74, 6) is 1.08. The van der Waals surface area contributed by atoms with Gasteiger partial charge in [-0.25, -0.2) is 0 Å². The number of aliphatic hydroxyl groups is 1. The van der Waals surface area contributed by atoms with Crippen LogP contribution >= 0.6 is 11.3 Å². The molecule has 0 saturated heterocycles. The van der Waals surface area contributed by atoms with E-state index in [1.807, 2.05) is 18.7 Å². The highest BCUT2D eigenvalue weighted by Crippen LogP contribution is 2.35. The lowest BCUT2D eigenvalue weighted by molar-refractivity contribution is 0.281. The first-order valence-corrected chi connectivity index (χ1v) is 7.56. The Kier molecular flexibility index (Phi) is 3.33. The van der Waals surface area contributed by atoms with E-state index >= 15 is 0 Å². The fraction of sp³-hybridized carbons (Fsp3) is 0.500. The van der Waals surface area contributed by atoms with Crippen molar-refractivity contribution in [2.45, 2.75) is 39.0 Å². The molecule has 0 unspecified atom stereocenters. The first-order chi connectivity index (χ1) is 9.20. The molecule has 1 aliphatic carbocycles. The lowest BCUT2D eigenvalue weighted by Gasteiger charge is -2.25. The van der Waals surface area contributed by atoms with Crippen LogP contribution in [0.1, 0.15) is 29.7 Å². The Balaban J connectivity index is 1.96. The molecule has 5 heteroatoms. The molecule has 2 heterocycles. The van der Waals surface area contributed by atoms with Crippen LogP contribution in [0.2, 0.25) is 0 Å². The Morgan fingerprint density at radius 2 is 2.32 bits per heavy atom. The molecule has 0 bridgehead atoms. The van der Waals surface area contributed by atoms with Crippen LogP contribution in [0.4, 0.5) is 5.82 Å². The molecule has 1 saturated carbocycles. The second kappa shape index (κ2) is 4.98. The average molecular weight is 277 g/mol. The lowest BCUT2D eigenvalue weighted by atomic mass is 10.2. The Bertz CT molecular complexity index is 558. The van der Waals surface area contributed by atoms with Gasteiger partial charge in [0.05, 0.1) is 12.3 Å². The second-order valence-corrected chi connectivity index (χ2v) is 5.94. The van der Waals surface area contributed by atoms with Gasteiger partial charge in [0.1, 0.15) is 5.82 Å². The zero-order valence-corrected chi connectivity index (χ0v) is 12.2. The van der Waals surface area contributed by atoms with Crippen LogP contribution in [0.3, 0.4) is 0 Å². The molecular formula is C14H19N3OS. The number of aryl methyl sites for hydroxylation is 2. The van der Waals surface area contributed by atoms with Crippen LogP contribution in [-0.2, 0) is 20.2 Å². The summed E-state index contributed by atoms with van der Waals surface area (Å²) in [6.07, 6.45) is 2.47. The van der Waals surface area contributed by atoms with Crippen molar-refractivity contribution in [3.05, 3.63) is 33.6 Å². The summed E-state index contributed by atoms with van der Waals surface area (Å²) in [4.78, 5) is 2.40. The van der Waals surface area contributed by atoms with Gasteiger partial charge in [0.25, 0.3) is 0 Å². The SMILES string of the molecule is Cc1nn(C)c(N(Cc2ccsc2)C2CC2)c1CO. The zero-order valence-electron chi connectivity index (χ0n) is 11.3. The zero-order chi connectivity index (χ0) is 13.4. The minimum atomic E-state index is 0.0574. The summed E-state index contributed by atoms with van der Waals surface area (Å²) >= 11 is 1.73. The van der Waals surface area contributed by atoms with E-state index in [0.29, 0.717) is 6.04 Å². The van der Waals surface area contributed by atoms with Crippen LogP contribution < -0.4 is 4.90 Å². The summed E-state index contributed by atoms with van der Waals surface area (Å²) in [5, 5.41) is 18.4. The summed E-state index contributed by atoms with van der Waals surface area (Å²) in [6.45, 7) is 2.92. The molecule has 0 aliphatic heterocycles. The number of rotatable bonds is 5. The van der Waals surface area contributed by atoms with E-state index in [0.717, 1.165) is 23.6 Å². The van der Waals surface area contributed by atoms with Gasteiger partial charge < -0.3 is 10.0 Å². The number of hydrogen-bond acceptors (Lipinski definition) is 4. The Labute approximate surface area is 117 Å². The van der Waals surface area contributed by atoms with Crippen LogP contribution in [0.25, 0.3) is 0 Å². The summed E-state index contributed by atoms with van der Waals surface area (Å²) in [6, 6.07) is 2.77. The number of nitrogens with zero attached hydrogens (tertiary/aromatic N) is 3. The maximum atomic E-state index is 9.61. The van der Waals surface area contributed by atoms with Crippen LogP contribution in [0.15, 0.2) is 16.8 Å². The Hall–Kier alpha value is -1.33. The molecule has 0 amide bonds. The molecule has 2 aromatic rings. The third-order valence-corrected chi connectivity index (χ3v) is 4.40. The van der Waals surface area contributed by atoms with Gasteiger partial charge in [0.15, 0.2) is 0 Å².